The maximum absolute atomic E-state index is 12.4. The Morgan fingerprint density at radius 1 is 1.24 bits per heavy atom. The summed E-state index contributed by atoms with van der Waals surface area (Å²) in [5, 5.41) is 0.137. The van der Waals surface area contributed by atoms with E-state index in [4.69, 9.17) is 17.3 Å². The molecule has 0 heterocycles. The summed E-state index contributed by atoms with van der Waals surface area (Å²) in [4.78, 5) is -0.0222. The minimum atomic E-state index is -3.75. The van der Waals surface area contributed by atoms with Gasteiger partial charge in [0.05, 0.1) is 5.02 Å². The van der Waals surface area contributed by atoms with E-state index < -0.39 is 16.1 Å². The summed E-state index contributed by atoms with van der Waals surface area (Å²) < 4.78 is 28.3. The molecule has 1 atom stereocenters. The van der Waals surface area contributed by atoms with Crippen LogP contribution in [0.3, 0.4) is 0 Å². The average molecular weight is 390 g/mol. The van der Waals surface area contributed by atoms with E-state index in [-0.39, 0.29) is 9.92 Å². The zero-order valence-corrected chi connectivity index (χ0v) is 14.3. The Morgan fingerprint density at radius 3 is 2.62 bits per heavy atom. The molecule has 21 heavy (non-hydrogen) atoms. The predicted molar refractivity (Wildman–Crippen MR) is 88.7 cm³/mol. The van der Waals surface area contributed by atoms with Gasteiger partial charge in [0.1, 0.15) is 4.90 Å². The Morgan fingerprint density at radius 2 is 1.95 bits per heavy atom. The standard InChI is InChI=1S/C14H14BrClN2O2S/c1-9(10-3-2-4-11(15)7-10)18-21(19,20)14-8-12(17)5-6-13(14)16/h2-9,18H,17H2,1H3. The van der Waals surface area contributed by atoms with E-state index in [1.807, 2.05) is 24.3 Å². The fraction of sp³-hybridized carbons (Fsp3) is 0.143. The monoisotopic (exact) mass is 388 g/mol. The van der Waals surface area contributed by atoms with Crippen LogP contribution < -0.4 is 10.5 Å². The molecular formula is C14H14BrClN2O2S. The zero-order valence-electron chi connectivity index (χ0n) is 11.2. The highest BCUT2D eigenvalue weighted by Crippen LogP contribution is 2.26. The molecule has 7 heteroatoms. The van der Waals surface area contributed by atoms with Gasteiger partial charge in [0.25, 0.3) is 0 Å². The molecule has 0 aliphatic rings. The molecule has 0 aliphatic carbocycles. The first kappa shape index (κ1) is 16.3. The highest BCUT2D eigenvalue weighted by atomic mass is 79.9. The molecule has 0 bridgehead atoms. The summed E-state index contributed by atoms with van der Waals surface area (Å²) in [6.07, 6.45) is 0. The number of nitrogens with one attached hydrogen (secondary N) is 1. The maximum atomic E-state index is 12.4. The van der Waals surface area contributed by atoms with Crippen LogP contribution >= 0.6 is 27.5 Å². The van der Waals surface area contributed by atoms with Gasteiger partial charge in [0.2, 0.25) is 10.0 Å². The van der Waals surface area contributed by atoms with Crippen LogP contribution in [0.25, 0.3) is 0 Å². The van der Waals surface area contributed by atoms with E-state index in [2.05, 4.69) is 20.7 Å². The van der Waals surface area contributed by atoms with E-state index in [1.54, 1.807) is 13.0 Å². The molecule has 3 N–H and O–H groups in total. The lowest BCUT2D eigenvalue weighted by Crippen LogP contribution is -2.27. The molecule has 2 rings (SSSR count). The van der Waals surface area contributed by atoms with Crippen molar-refractivity contribution in [1.29, 1.82) is 0 Å². The first-order valence-electron chi connectivity index (χ1n) is 6.12. The van der Waals surface area contributed by atoms with Gasteiger partial charge in [-0.2, -0.15) is 0 Å². The molecule has 0 spiro atoms. The van der Waals surface area contributed by atoms with Crippen LogP contribution in [0, 0.1) is 0 Å². The molecule has 0 saturated carbocycles. The molecule has 0 radical (unpaired) electrons. The topological polar surface area (TPSA) is 72.2 Å². The number of anilines is 1. The van der Waals surface area contributed by atoms with Crippen molar-refractivity contribution in [2.24, 2.45) is 0 Å². The number of rotatable bonds is 4. The van der Waals surface area contributed by atoms with Crippen molar-refractivity contribution < 1.29 is 8.42 Å². The number of nitrogens with two attached hydrogens (primary N) is 1. The van der Waals surface area contributed by atoms with Gasteiger partial charge in [-0.15, -0.1) is 0 Å². The Hall–Kier alpha value is -1.08. The zero-order chi connectivity index (χ0) is 15.6. The lowest BCUT2D eigenvalue weighted by molar-refractivity contribution is 0.567. The van der Waals surface area contributed by atoms with Gasteiger partial charge in [0, 0.05) is 16.2 Å². The van der Waals surface area contributed by atoms with Crippen molar-refractivity contribution >= 4 is 43.2 Å². The smallest absolute Gasteiger partial charge is 0.242 e. The van der Waals surface area contributed by atoms with Gasteiger partial charge < -0.3 is 5.73 Å². The van der Waals surface area contributed by atoms with Crippen LogP contribution in [-0.2, 0) is 10.0 Å². The average Bonchev–Trinajstić information content (AvgIpc) is 2.41. The number of benzene rings is 2. The quantitative estimate of drug-likeness (QED) is 0.783. The van der Waals surface area contributed by atoms with Crippen LogP contribution in [-0.4, -0.2) is 8.42 Å². The van der Waals surface area contributed by atoms with Crippen LogP contribution in [0.15, 0.2) is 51.8 Å². The van der Waals surface area contributed by atoms with Crippen LogP contribution in [0.2, 0.25) is 5.02 Å². The van der Waals surface area contributed by atoms with Crippen molar-refractivity contribution in [2.45, 2.75) is 17.9 Å². The van der Waals surface area contributed by atoms with Crippen molar-refractivity contribution in [3.8, 4) is 0 Å². The number of sulfonamides is 1. The molecule has 4 nitrogen and oxygen atoms in total. The van der Waals surface area contributed by atoms with Gasteiger partial charge >= 0.3 is 0 Å². The van der Waals surface area contributed by atoms with Crippen molar-refractivity contribution in [3.05, 3.63) is 57.5 Å². The van der Waals surface area contributed by atoms with E-state index in [1.165, 1.54) is 12.1 Å². The van der Waals surface area contributed by atoms with Gasteiger partial charge in [-0.05, 0) is 42.8 Å². The summed E-state index contributed by atoms with van der Waals surface area (Å²) in [6, 6.07) is 11.4. The van der Waals surface area contributed by atoms with Gasteiger partial charge in [-0.3, -0.25) is 0 Å². The summed E-state index contributed by atoms with van der Waals surface area (Å²) in [5.74, 6) is 0. The lowest BCUT2D eigenvalue weighted by Gasteiger charge is -2.16. The molecule has 0 aromatic heterocycles. The summed E-state index contributed by atoms with van der Waals surface area (Å²) in [5.41, 5.74) is 6.81. The van der Waals surface area contributed by atoms with Crippen molar-refractivity contribution in [1.82, 2.24) is 4.72 Å². The number of hydrogen-bond donors (Lipinski definition) is 2. The second kappa shape index (κ2) is 6.36. The third kappa shape index (κ3) is 3.97. The van der Waals surface area contributed by atoms with Gasteiger partial charge in [-0.25, -0.2) is 13.1 Å². The number of hydrogen-bond acceptors (Lipinski definition) is 3. The summed E-state index contributed by atoms with van der Waals surface area (Å²) in [6.45, 7) is 1.76. The molecule has 112 valence electrons. The van der Waals surface area contributed by atoms with Gasteiger partial charge in [-0.1, -0.05) is 39.7 Å². The molecular weight excluding hydrogens is 376 g/mol. The van der Waals surface area contributed by atoms with Crippen molar-refractivity contribution in [2.75, 3.05) is 5.73 Å². The first-order valence-corrected chi connectivity index (χ1v) is 8.78. The van der Waals surface area contributed by atoms with E-state index in [9.17, 15) is 8.42 Å². The highest BCUT2D eigenvalue weighted by molar-refractivity contribution is 9.10. The second-order valence-corrected chi connectivity index (χ2v) is 7.59. The third-order valence-corrected chi connectivity index (χ3v) is 5.44. The minimum Gasteiger partial charge on any atom is -0.399 e. The van der Waals surface area contributed by atoms with Gasteiger partial charge in [0.15, 0.2) is 0 Å². The molecule has 0 saturated heterocycles. The summed E-state index contributed by atoms with van der Waals surface area (Å²) >= 11 is 9.31. The maximum Gasteiger partial charge on any atom is 0.242 e. The van der Waals surface area contributed by atoms with E-state index >= 15 is 0 Å². The van der Waals surface area contributed by atoms with Crippen molar-refractivity contribution in [3.63, 3.8) is 0 Å². The lowest BCUT2D eigenvalue weighted by atomic mass is 10.1. The molecule has 1 unspecified atom stereocenters. The first-order chi connectivity index (χ1) is 9.79. The van der Waals surface area contributed by atoms with E-state index in [0.717, 1.165) is 10.0 Å². The third-order valence-electron chi connectivity index (χ3n) is 2.93. The second-order valence-electron chi connectivity index (χ2n) is 4.59. The van der Waals surface area contributed by atoms with E-state index in [0.29, 0.717) is 5.69 Å². The number of halogens is 2. The molecule has 0 fully saturated rings. The number of nitrogen functional groups attached to an aromatic ring is 1. The Labute approximate surface area is 137 Å². The van der Waals surface area contributed by atoms with Crippen LogP contribution in [0.1, 0.15) is 18.5 Å². The highest BCUT2D eigenvalue weighted by Gasteiger charge is 2.21. The molecule has 2 aromatic carbocycles. The summed E-state index contributed by atoms with van der Waals surface area (Å²) in [7, 11) is -3.75. The molecule has 2 aromatic rings. The SMILES string of the molecule is CC(NS(=O)(=O)c1cc(N)ccc1Cl)c1cccc(Br)c1. The largest absolute Gasteiger partial charge is 0.399 e. The Bertz CT molecular complexity index is 765. The fourth-order valence-corrected chi connectivity index (χ4v) is 4.05. The fourth-order valence-electron chi connectivity index (χ4n) is 1.87. The Kier molecular flexibility index (Phi) is 4.93. The molecule has 0 aliphatic heterocycles. The van der Waals surface area contributed by atoms with Crippen LogP contribution in [0.4, 0.5) is 5.69 Å². The Balaban J connectivity index is 2.31. The molecule has 0 amide bonds. The minimum absolute atomic E-state index is 0.0222. The van der Waals surface area contributed by atoms with Crippen LogP contribution in [0.5, 0.6) is 0 Å². The predicted octanol–water partition coefficient (Wildman–Crippen LogP) is 3.72. The normalized spacial score (nSPS) is 13.1.